The van der Waals surface area contributed by atoms with Gasteiger partial charge in [-0.25, -0.2) is 0 Å². The first-order chi connectivity index (χ1) is 14.6. The van der Waals surface area contributed by atoms with Crippen molar-refractivity contribution in [3.05, 3.63) is 71.9 Å². The second kappa shape index (κ2) is 9.09. The maximum Gasteiger partial charge on any atom is 0.251 e. The second-order valence-electron chi connectivity index (χ2n) is 7.47. The van der Waals surface area contributed by atoms with Gasteiger partial charge in [-0.15, -0.1) is 0 Å². The minimum atomic E-state index is -0.200. The molecule has 1 aromatic heterocycles. The number of nitrogens with zero attached hydrogens (tertiary/aromatic N) is 1. The van der Waals surface area contributed by atoms with Gasteiger partial charge in [0.15, 0.2) is 0 Å². The van der Waals surface area contributed by atoms with Gasteiger partial charge in [0.2, 0.25) is 11.5 Å². The Balaban J connectivity index is 1.35. The largest absolute Gasteiger partial charge is 0.493 e. The standard InChI is InChI=1S/C23H24N2O5/c1-28-18-8-9-19-20(11-18)29-14-21(22(19)26)30-17-6-4-16(5-7-17)23(27)25-13-15-3-2-10-24-12-15/h2-7,10,12,14,18-20H,8-9,11,13H2,1H3,(H,25,27). The summed E-state index contributed by atoms with van der Waals surface area (Å²) in [6.07, 6.45) is 7.03. The fourth-order valence-electron chi connectivity index (χ4n) is 3.81. The predicted molar refractivity (Wildman–Crippen MR) is 109 cm³/mol. The molecule has 0 radical (unpaired) electrons. The minimum absolute atomic E-state index is 0.0425. The predicted octanol–water partition coefficient (Wildman–Crippen LogP) is 3.01. The van der Waals surface area contributed by atoms with Crippen molar-refractivity contribution < 1.29 is 23.8 Å². The third kappa shape index (κ3) is 4.52. The van der Waals surface area contributed by atoms with Gasteiger partial charge in [0, 0.05) is 38.0 Å². The fraction of sp³-hybridized carbons (Fsp3) is 0.348. The van der Waals surface area contributed by atoms with E-state index in [4.69, 9.17) is 14.2 Å². The van der Waals surface area contributed by atoms with Crippen LogP contribution in [0.3, 0.4) is 0 Å². The highest BCUT2D eigenvalue weighted by molar-refractivity contribution is 5.97. The third-order valence-electron chi connectivity index (χ3n) is 5.53. The van der Waals surface area contributed by atoms with E-state index < -0.39 is 0 Å². The second-order valence-corrected chi connectivity index (χ2v) is 7.47. The van der Waals surface area contributed by atoms with Gasteiger partial charge in [-0.3, -0.25) is 14.6 Å². The van der Waals surface area contributed by atoms with E-state index in [2.05, 4.69) is 10.3 Å². The number of hydrogen-bond donors (Lipinski definition) is 1. The molecule has 1 fully saturated rings. The van der Waals surface area contributed by atoms with Crippen LogP contribution >= 0.6 is 0 Å². The lowest BCUT2D eigenvalue weighted by Crippen LogP contribution is -2.42. The van der Waals surface area contributed by atoms with E-state index in [1.807, 2.05) is 12.1 Å². The SMILES string of the molecule is COC1CCC2C(=O)C(Oc3ccc(C(=O)NCc4cccnc4)cc3)=COC2C1. The summed E-state index contributed by atoms with van der Waals surface area (Å²) in [7, 11) is 1.68. The van der Waals surface area contributed by atoms with Gasteiger partial charge in [-0.1, -0.05) is 6.07 Å². The number of aromatic nitrogens is 1. The Kier molecular flexibility index (Phi) is 6.09. The Morgan fingerprint density at radius 3 is 2.80 bits per heavy atom. The van der Waals surface area contributed by atoms with Crippen molar-refractivity contribution in [1.82, 2.24) is 10.3 Å². The summed E-state index contributed by atoms with van der Waals surface area (Å²) in [5.74, 6) is 0.236. The molecular weight excluding hydrogens is 384 g/mol. The highest BCUT2D eigenvalue weighted by Gasteiger charge is 2.41. The van der Waals surface area contributed by atoms with E-state index in [1.165, 1.54) is 6.26 Å². The number of nitrogens with one attached hydrogen (secondary N) is 1. The minimum Gasteiger partial charge on any atom is -0.493 e. The van der Waals surface area contributed by atoms with Crippen molar-refractivity contribution in [2.24, 2.45) is 5.92 Å². The van der Waals surface area contributed by atoms with Gasteiger partial charge in [0.25, 0.3) is 5.91 Å². The van der Waals surface area contributed by atoms with Crippen LogP contribution in [0.1, 0.15) is 35.2 Å². The number of carbonyl (C=O) groups excluding carboxylic acids is 2. The van der Waals surface area contributed by atoms with E-state index in [0.717, 1.165) is 18.4 Å². The summed E-state index contributed by atoms with van der Waals surface area (Å²) in [4.78, 5) is 29.1. The lowest BCUT2D eigenvalue weighted by atomic mass is 9.80. The number of carbonyl (C=O) groups is 2. The Labute approximate surface area is 175 Å². The smallest absolute Gasteiger partial charge is 0.251 e. The van der Waals surface area contributed by atoms with Crippen LogP contribution < -0.4 is 10.1 Å². The van der Waals surface area contributed by atoms with Gasteiger partial charge < -0.3 is 19.5 Å². The van der Waals surface area contributed by atoms with Crippen LogP contribution in [0.25, 0.3) is 0 Å². The van der Waals surface area contributed by atoms with Crippen molar-refractivity contribution in [3.8, 4) is 5.75 Å². The van der Waals surface area contributed by atoms with Crippen LogP contribution in [0, 0.1) is 5.92 Å². The summed E-state index contributed by atoms with van der Waals surface area (Å²) < 4.78 is 16.9. The molecule has 30 heavy (non-hydrogen) atoms. The number of rotatable bonds is 6. The van der Waals surface area contributed by atoms with Crippen LogP contribution in [0.5, 0.6) is 5.75 Å². The topological polar surface area (TPSA) is 86.8 Å². The Bertz CT molecular complexity index is 926. The van der Waals surface area contributed by atoms with Crippen LogP contribution in [0.15, 0.2) is 60.8 Å². The summed E-state index contributed by atoms with van der Waals surface area (Å²) >= 11 is 0. The van der Waals surface area contributed by atoms with E-state index in [9.17, 15) is 9.59 Å². The summed E-state index contributed by atoms with van der Waals surface area (Å²) in [5, 5.41) is 2.85. The molecule has 1 saturated carbocycles. The van der Waals surface area contributed by atoms with E-state index in [1.54, 1.807) is 43.8 Å². The molecule has 1 amide bonds. The van der Waals surface area contributed by atoms with Gasteiger partial charge in [-0.2, -0.15) is 0 Å². The molecule has 1 N–H and O–H groups in total. The molecule has 1 aliphatic heterocycles. The number of hydrogen-bond acceptors (Lipinski definition) is 6. The van der Waals surface area contributed by atoms with Crippen molar-refractivity contribution in [3.63, 3.8) is 0 Å². The van der Waals surface area contributed by atoms with E-state index in [-0.39, 0.29) is 35.6 Å². The lowest BCUT2D eigenvalue weighted by molar-refractivity contribution is -0.133. The number of methoxy groups -OCH3 is 1. The lowest BCUT2D eigenvalue weighted by Gasteiger charge is -2.36. The van der Waals surface area contributed by atoms with Crippen molar-refractivity contribution in [2.45, 2.75) is 38.0 Å². The maximum atomic E-state index is 12.8. The molecule has 2 aliphatic rings. The Morgan fingerprint density at radius 1 is 1.23 bits per heavy atom. The molecule has 2 aromatic rings. The van der Waals surface area contributed by atoms with Gasteiger partial charge >= 0.3 is 0 Å². The Hall–Kier alpha value is -3.19. The number of ketones is 1. The molecule has 0 bridgehead atoms. The zero-order valence-corrected chi connectivity index (χ0v) is 16.7. The molecule has 0 spiro atoms. The highest BCUT2D eigenvalue weighted by Crippen LogP contribution is 2.34. The molecule has 2 heterocycles. The van der Waals surface area contributed by atoms with E-state index in [0.29, 0.717) is 24.3 Å². The monoisotopic (exact) mass is 408 g/mol. The number of Topliss-reactive ketones (excluding diaryl/α,β-unsaturated/α-hetero) is 1. The first kappa shape index (κ1) is 20.1. The molecule has 7 nitrogen and oxygen atoms in total. The maximum absolute atomic E-state index is 12.8. The quantitative estimate of drug-likeness (QED) is 0.791. The molecule has 4 rings (SSSR count). The molecule has 1 aromatic carbocycles. The van der Waals surface area contributed by atoms with Crippen molar-refractivity contribution in [1.29, 1.82) is 0 Å². The number of ether oxygens (including phenoxy) is 3. The average Bonchev–Trinajstić information content (AvgIpc) is 2.80. The van der Waals surface area contributed by atoms with E-state index >= 15 is 0 Å². The highest BCUT2D eigenvalue weighted by atomic mass is 16.5. The fourth-order valence-corrected chi connectivity index (χ4v) is 3.81. The normalized spacial score (nSPS) is 23.0. The zero-order chi connectivity index (χ0) is 20.9. The number of amides is 1. The first-order valence-corrected chi connectivity index (χ1v) is 10.0. The molecule has 7 heteroatoms. The van der Waals surface area contributed by atoms with Crippen molar-refractivity contribution >= 4 is 11.7 Å². The summed E-state index contributed by atoms with van der Waals surface area (Å²) in [6.45, 7) is 0.399. The molecule has 1 aliphatic carbocycles. The van der Waals surface area contributed by atoms with Crippen LogP contribution in [-0.2, 0) is 20.8 Å². The zero-order valence-electron chi connectivity index (χ0n) is 16.7. The van der Waals surface area contributed by atoms with Crippen LogP contribution in [0.4, 0.5) is 0 Å². The third-order valence-corrected chi connectivity index (χ3v) is 5.53. The van der Waals surface area contributed by atoms with Gasteiger partial charge in [0.05, 0.1) is 12.0 Å². The first-order valence-electron chi connectivity index (χ1n) is 10.0. The summed E-state index contributed by atoms with van der Waals surface area (Å²) in [6, 6.07) is 10.4. The molecular formula is C23H24N2O5. The molecule has 3 unspecified atom stereocenters. The molecule has 0 saturated heterocycles. The number of pyridine rings is 1. The number of benzene rings is 1. The number of fused-ring (bicyclic) bond motifs is 1. The number of allylic oxidation sites excluding steroid dienone is 1. The molecule has 3 atom stereocenters. The van der Waals surface area contributed by atoms with Gasteiger partial charge in [0.1, 0.15) is 18.1 Å². The van der Waals surface area contributed by atoms with Crippen molar-refractivity contribution in [2.75, 3.05) is 7.11 Å². The Morgan fingerprint density at radius 2 is 2.07 bits per heavy atom. The van der Waals surface area contributed by atoms with Crippen LogP contribution in [-0.4, -0.2) is 36.0 Å². The molecule has 156 valence electrons. The average molecular weight is 408 g/mol. The summed E-state index contributed by atoms with van der Waals surface area (Å²) in [5.41, 5.74) is 1.43. The van der Waals surface area contributed by atoms with Crippen LogP contribution in [0.2, 0.25) is 0 Å². The van der Waals surface area contributed by atoms with Gasteiger partial charge in [-0.05, 0) is 48.7 Å².